The third-order valence-electron chi connectivity index (χ3n) is 4.00. The second-order valence-electron chi connectivity index (χ2n) is 5.35. The van der Waals surface area contributed by atoms with Crippen LogP contribution >= 0.6 is 28.3 Å². The normalized spacial score (nSPS) is 15.0. The Labute approximate surface area is 143 Å². The van der Waals surface area contributed by atoms with Gasteiger partial charge in [-0.2, -0.15) is 0 Å². The number of carbonyl (C=O) groups is 1. The number of nitro groups is 1. The monoisotopic (exact) mass is 391 g/mol. The summed E-state index contributed by atoms with van der Waals surface area (Å²) in [4.78, 5) is 24.7. The van der Waals surface area contributed by atoms with E-state index in [4.69, 9.17) is 5.73 Å². The SMILES string of the molecule is CN(C(=O)c1cc([N+](=O)[O-])cc(Br)c1N)C1CCCCC1.Cl. The Balaban J connectivity index is 0.00000242. The quantitative estimate of drug-likeness (QED) is 0.482. The predicted octanol–water partition coefficient (Wildman–Crippen LogP) is 3.77. The number of nitro benzene ring substituents is 1. The first-order valence-corrected chi connectivity index (χ1v) is 7.71. The summed E-state index contributed by atoms with van der Waals surface area (Å²) in [7, 11) is 1.74. The third-order valence-corrected chi connectivity index (χ3v) is 4.65. The van der Waals surface area contributed by atoms with Crippen molar-refractivity contribution in [3.05, 3.63) is 32.3 Å². The summed E-state index contributed by atoms with van der Waals surface area (Å²) in [6.07, 6.45) is 5.35. The van der Waals surface area contributed by atoms with E-state index in [2.05, 4.69) is 15.9 Å². The van der Waals surface area contributed by atoms with Crippen molar-refractivity contribution in [1.82, 2.24) is 4.90 Å². The standard InChI is InChI=1S/C14H18BrN3O3.ClH/c1-17(9-5-3-2-4-6-9)14(19)11-7-10(18(20)21)8-12(15)13(11)16;/h7-9H,2-6,16H2,1H3;1H. The Hall–Kier alpha value is -1.34. The van der Waals surface area contributed by atoms with Crippen LogP contribution in [0.5, 0.6) is 0 Å². The van der Waals surface area contributed by atoms with Gasteiger partial charge in [-0.05, 0) is 28.8 Å². The second-order valence-corrected chi connectivity index (χ2v) is 6.21. The minimum atomic E-state index is -0.526. The van der Waals surface area contributed by atoms with E-state index in [-0.39, 0.29) is 41.3 Å². The Morgan fingerprint density at radius 3 is 2.50 bits per heavy atom. The van der Waals surface area contributed by atoms with E-state index < -0.39 is 4.92 Å². The summed E-state index contributed by atoms with van der Waals surface area (Å²) in [6, 6.07) is 2.75. The van der Waals surface area contributed by atoms with Gasteiger partial charge in [0.1, 0.15) is 0 Å². The van der Waals surface area contributed by atoms with Gasteiger partial charge in [0.05, 0.1) is 16.2 Å². The van der Waals surface area contributed by atoms with E-state index in [1.54, 1.807) is 11.9 Å². The summed E-state index contributed by atoms with van der Waals surface area (Å²) in [5.74, 6) is -0.260. The molecule has 0 saturated heterocycles. The summed E-state index contributed by atoms with van der Waals surface area (Å²) < 4.78 is 0.372. The molecule has 2 rings (SSSR count). The van der Waals surface area contributed by atoms with Crippen molar-refractivity contribution in [2.24, 2.45) is 0 Å². The molecule has 1 aromatic carbocycles. The van der Waals surface area contributed by atoms with Crippen LogP contribution in [-0.4, -0.2) is 28.8 Å². The van der Waals surface area contributed by atoms with Crippen LogP contribution in [0.2, 0.25) is 0 Å². The lowest BCUT2D eigenvalue weighted by molar-refractivity contribution is -0.384. The van der Waals surface area contributed by atoms with E-state index in [1.807, 2.05) is 0 Å². The van der Waals surface area contributed by atoms with Gasteiger partial charge in [0.25, 0.3) is 11.6 Å². The summed E-state index contributed by atoms with van der Waals surface area (Å²) in [6.45, 7) is 0. The van der Waals surface area contributed by atoms with Crippen molar-refractivity contribution < 1.29 is 9.72 Å². The molecule has 2 N–H and O–H groups in total. The number of amides is 1. The second kappa shape index (κ2) is 7.78. The van der Waals surface area contributed by atoms with Gasteiger partial charge >= 0.3 is 0 Å². The maximum absolute atomic E-state index is 12.6. The summed E-state index contributed by atoms with van der Waals surface area (Å²) >= 11 is 3.18. The van der Waals surface area contributed by atoms with Crippen molar-refractivity contribution in [2.75, 3.05) is 12.8 Å². The number of nitrogen functional groups attached to an aromatic ring is 1. The zero-order valence-electron chi connectivity index (χ0n) is 12.3. The van der Waals surface area contributed by atoms with E-state index in [9.17, 15) is 14.9 Å². The summed E-state index contributed by atoms with van der Waals surface area (Å²) in [5.41, 5.74) is 6.19. The molecule has 1 aliphatic rings. The molecule has 0 heterocycles. The molecule has 0 aromatic heterocycles. The molecular formula is C14H19BrClN3O3. The predicted molar refractivity (Wildman–Crippen MR) is 91.4 cm³/mol. The lowest BCUT2D eigenvalue weighted by Gasteiger charge is -2.31. The number of rotatable bonds is 3. The molecule has 1 amide bonds. The molecule has 6 nitrogen and oxygen atoms in total. The van der Waals surface area contributed by atoms with Crippen molar-refractivity contribution in [1.29, 1.82) is 0 Å². The van der Waals surface area contributed by atoms with E-state index in [0.717, 1.165) is 25.7 Å². The van der Waals surface area contributed by atoms with Crippen LogP contribution in [0.3, 0.4) is 0 Å². The van der Waals surface area contributed by atoms with Crippen LogP contribution in [0.15, 0.2) is 16.6 Å². The molecule has 1 aromatic rings. The molecule has 1 fully saturated rings. The van der Waals surface area contributed by atoms with Crippen LogP contribution in [0.25, 0.3) is 0 Å². The van der Waals surface area contributed by atoms with Gasteiger partial charge in [-0.3, -0.25) is 14.9 Å². The van der Waals surface area contributed by atoms with Gasteiger partial charge < -0.3 is 10.6 Å². The molecule has 8 heteroatoms. The number of nitrogens with two attached hydrogens (primary N) is 1. The topological polar surface area (TPSA) is 89.5 Å². The van der Waals surface area contributed by atoms with Crippen molar-refractivity contribution in [2.45, 2.75) is 38.1 Å². The van der Waals surface area contributed by atoms with Crippen LogP contribution in [-0.2, 0) is 0 Å². The lowest BCUT2D eigenvalue weighted by atomic mass is 9.94. The molecule has 1 saturated carbocycles. The number of hydrogen-bond acceptors (Lipinski definition) is 4. The number of non-ortho nitro benzene ring substituents is 1. The van der Waals surface area contributed by atoms with Crippen LogP contribution in [0.4, 0.5) is 11.4 Å². The van der Waals surface area contributed by atoms with E-state index in [1.165, 1.54) is 18.6 Å². The average Bonchev–Trinajstić information content (AvgIpc) is 2.49. The van der Waals surface area contributed by atoms with Gasteiger partial charge in [0.2, 0.25) is 0 Å². The zero-order valence-corrected chi connectivity index (χ0v) is 14.7. The number of anilines is 1. The first kappa shape index (κ1) is 18.7. The molecule has 22 heavy (non-hydrogen) atoms. The van der Waals surface area contributed by atoms with Gasteiger partial charge in [-0.25, -0.2) is 0 Å². The van der Waals surface area contributed by atoms with Crippen LogP contribution < -0.4 is 5.73 Å². The lowest BCUT2D eigenvalue weighted by Crippen LogP contribution is -2.38. The van der Waals surface area contributed by atoms with Crippen LogP contribution in [0, 0.1) is 10.1 Å². The average molecular weight is 393 g/mol. The van der Waals surface area contributed by atoms with E-state index in [0.29, 0.717) is 4.47 Å². The highest BCUT2D eigenvalue weighted by molar-refractivity contribution is 9.10. The van der Waals surface area contributed by atoms with Crippen molar-refractivity contribution >= 4 is 45.6 Å². The minimum Gasteiger partial charge on any atom is -0.397 e. The number of benzene rings is 1. The first-order valence-electron chi connectivity index (χ1n) is 6.92. The van der Waals surface area contributed by atoms with Crippen molar-refractivity contribution in [3.63, 3.8) is 0 Å². The summed E-state index contributed by atoms with van der Waals surface area (Å²) in [5, 5.41) is 10.9. The van der Waals surface area contributed by atoms with Crippen LogP contribution in [0.1, 0.15) is 42.5 Å². The number of nitrogens with zero attached hydrogens (tertiary/aromatic N) is 2. The van der Waals surface area contributed by atoms with Gasteiger partial charge in [0, 0.05) is 29.7 Å². The number of hydrogen-bond donors (Lipinski definition) is 1. The van der Waals surface area contributed by atoms with Gasteiger partial charge in [0.15, 0.2) is 0 Å². The Bertz CT molecular complexity index is 577. The van der Waals surface area contributed by atoms with Gasteiger partial charge in [-0.15, -0.1) is 12.4 Å². The molecule has 1 aliphatic carbocycles. The number of halogens is 2. The minimum absolute atomic E-state index is 0. The first-order chi connectivity index (χ1) is 9.91. The largest absolute Gasteiger partial charge is 0.397 e. The molecule has 0 unspecified atom stereocenters. The fourth-order valence-corrected chi connectivity index (χ4v) is 3.16. The molecule has 122 valence electrons. The highest BCUT2D eigenvalue weighted by Gasteiger charge is 2.26. The highest BCUT2D eigenvalue weighted by atomic mass is 79.9. The maximum atomic E-state index is 12.6. The smallest absolute Gasteiger partial charge is 0.271 e. The highest BCUT2D eigenvalue weighted by Crippen LogP contribution is 2.31. The molecule has 0 radical (unpaired) electrons. The fourth-order valence-electron chi connectivity index (χ4n) is 2.71. The maximum Gasteiger partial charge on any atom is 0.271 e. The number of carbonyl (C=O) groups excluding carboxylic acids is 1. The Morgan fingerprint density at radius 1 is 1.36 bits per heavy atom. The third kappa shape index (κ3) is 3.89. The van der Waals surface area contributed by atoms with Crippen molar-refractivity contribution in [3.8, 4) is 0 Å². The molecule has 0 atom stereocenters. The zero-order chi connectivity index (χ0) is 15.6. The molecular weight excluding hydrogens is 374 g/mol. The van der Waals surface area contributed by atoms with E-state index >= 15 is 0 Å². The van der Waals surface area contributed by atoms with Gasteiger partial charge in [-0.1, -0.05) is 19.3 Å². The molecule has 0 spiro atoms. The molecule has 0 aliphatic heterocycles. The molecule has 0 bridgehead atoms. The Kier molecular flexibility index (Phi) is 6.62. The fraction of sp³-hybridized carbons (Fsp3) is 0.500. The Morgan fingerprint density at radius 2 is 1.95 bits per heavy atom.